The summed E-state index contributed by atoms with van der Waals surface area (Å²) in [7, 11) is 3.88. The van der Waals surface area contributed by atoms with Crippen molar-refractivity contribution in [1.82, 2.24) is 15.1 Å². The Balaban J connectivity index is 0.00000338. The number of guanidine groups is 1. The zero-order valence-electron chi connectivity index (χ0n) is 16.7. The van der Waals surface area contributed by atoms with Crippen LogP contribution in [-0.4, -0.2) is 75.2 Å². The highest BCUT2D eigenvalue weighted by molar-refractivity contribution is 14.0. The van der Waals surface area contributed by atoms with Crippen molar-refractivity contribution < 1.29 is 9.53 Å². The summed E-state index contributed by atoms with van der Waals surface area (Å²) in [5.41, 5.74) is 0. The van der Waals surface area contributed by atoms with Gasteiger partial charge in [0.1, 0.15) is 0 Å². The standard InChI is InChI=1S/C19H36N4O2.HI/c1-16-5-4-11-23(15-16)18(24)6-10-21-19(20-2)22(3)12-7-17-8-13-25-14-9-17;/h16-17H,4-15H2,1-3H3,(H,20,21);1H. The summed E-state index contributed by atoms with van der Waals surface area (Å²) in [6.45, 7) is 7.51. The number of hydrogen-bond acceptors (Lipinski definition) is 3. The van der Waals surface area contributed by atoms with Crippen LogP contribution in [0.1, 0.15) is 45.4 Å². The fourth-order valence-corrected chi connectivity index (χ4v) is 3.76. The number of carbonyl (C=O) groups excluding carboxylic acids is 1. The van der Waals surface area contributed by atoms with E-state index in [0.717, 1.165) is 51.1 Å². The Bertz CT molecular complexity index is 441. The molecule has 1 atom stereocenters. The van der Waals surface area contributed by atoms with Gasteiger partial charge in [-0.3, -0.25) is 9.79 Å². The van der Waals surface area contributed by atoms with Crippen LogP contribution in [0.5, 0.6) is 0 Å². The first kappa shape index (κ1) is 23.5. The van der Waals surface area contributed by atoms with Gasteiger partial charge in [-0.1, -0.05) is 6.92 Å². The maximum Gasteiger partial charge on any atom is 0.224 e. The van der Waals surface area contributed by atoms with Crippen LogP contribution in [0.4, 0.5) is 0 Å². The minimum absolute atomic E-state index is 0. The van der Waals surface area contributed by atoms with E-state index in [0.29, 0.717) is 18.9 Å². The molecular weight excluding hydrogens is 443 g/mol. The van der Waals surface area contributed by atoms with E-state index in [1.165, 1.54) is 25.7 Å². The van der Waals surface area contributed by atoms with Crippen LogP contribution in [0, 0.1) is 11.8 Å². The second-order valence-electron chi connectivity index (χ2n) is 7.58. The molecule has 7 heteroatoms. The van der Waals surface area contributed by atoms with Gasteiger partial charge in [0.25, 0.3) is 0 Å². The molecule has 0 aromatic carbocycles. The van der Waals surface area contributed by atoms with Crippen LogP contribution in [0.2, 0.25) is 0 Å². The molecule has 152 valence electrons. The molecular formula is C19H37IN4O2. The SMILES string of the molecule is CN=C(NCCC(=O)N1CCCC(C)C1)N(C)CCC1CCOCC1.I. The summed E-state index contributed by atoms with van der Waals surface area (Å²) in [4.78, 5) is 20.9. The minimum Gasteiger partial charge on any atom is -0.381 e. The highest BCUT2D eigenvalue weighted by Crippen LogP contribution is 2.18. The number of hydrogen-bond donors (Lipinski definition) is 1. The lowest BCUT2D eigenvalue weighted by molar-refractivity contribution is -0.132. The Morgan fingerprint density at radius 2 is 2.04 bits per heavy atom. The van der Waals surface area contributed by atoms with Crippen LogP contribution in [0.3, 0.4) is 0 Å². The topological polar surface area (TPSA) is 57.2 Å². The van der Waals surface area contributed by atoms with Crippen LogP contribution in [-0.2, 0) is 9.53 Å². The number of piperidine rings is 1. The lowest BCUT2D eigenvalue weighted by atomic mass is 9.96. The number of amides is 1. The molecule has 1 N–H and O–H groups in total. The average Bonchev–Trinajstić information content (AvgIpc) is 2.64. The van der Waals surface area contributed by atoms with E-state index in [1.54, 1.807) is 7.05 Å². The molecule has 2 aliphatic rings. The summed E-state index contributed by atoms with van der Waals surface area (Å²) in [5.74, 6) is 2.54. The van der Waals surface area contributed by atoms with E-state index in [1.807, 2.05) is 4.90 Å². The highest BCUT2D eigenvalue weighted by atomic mass is 127. The Morgan fingerprint density at radius 3 is 2.69 bits per heavy atom. The van der Waals surface area contributed by atoms with Gasteiger partial charge in [-0.15, -0.1) is 24.0 Å². The van der Waals surface area contributed by atoms with Gasteiger partial charge in [-0.25, -0.2) is 0 Å². The van der Waals surface area contributed by atoms with Gasteiger partial charge in [-0.2, -0.15) is 0 Å². The van der Waals surface area contributed by atoms with Crippen LogP contribution >= 0.6 is 24.0 Å². The fourth-order valence-electron chi connectivity index (χ4n) is 3.76. The van der Waals surface area contributed by atoms with Crippen molar-refractivity contribution in [1.29, 1.82) is 0 Å². The van der Waals surface area contributed by atoms with Crippen LogP contribution in [0.15, 0.2) is 4.99 Å². The Kier molecular flexibility index (Phi) is 11.5. The third-order valence-corrected chi connectivity index (χ3v) is 5.42. The minimum atomic E-state index is 0. The molecule has 0 saturated carbocycles. The van der Waals surface area contributed by atoms with E-state index >= 15 is 0 Å². The summed E-state index contributed by atoms with van der Waals surface area (Å²) >= 11 is 0. The summed E-state index contributed by atoms with van der Waals surface area (Å²) in [5, 5.41) is 3.34. The van der Waals surface area contributed by atoms with Gasteiger partial charge >= 0.3 is 0 Å². The molecule has 0 bridgehead atoms. The molecule has 2 rings (SSSR count). The number of halogens is 1. The molecule has 2 fully saturated rings. The molecule has 0 aliphatic carbocycles. The molecule has 2 heterocycles. The largest absolute Gasteiger partial charge is 0.381 e. The average molecular weight is 480 g/mol. The number of aliphatic imine (C=N–C) groups is 1. The van der Waals surface area contributed by atoms with Crippen molar-refractivity contribution in [3.63, 3.8) is 0 Å². The Morgan fingerprint density at radius 1 is 1.31 bits per heavy atom. The Labute approximate surface area is 176 Å². The van der Waals surface area contributed by atoms with E-state index in [9.17, 15) is 4.79 Å². The van der Waals surface area contributed by atoms with E-state index in [2.05, 4.69) is 29.2 Å². The number of carbonyl (C=O) groups is 1. The highest BCUT2D eigenvalue weighted by Gasteiger charge is 2.20. The van der Waals surface area contributed by atoms with Crippen molar-refractivity contribution in [3.05, 3.63) is 0 Å². The molecule has 0 aromatic rings. The molecule has 1 unspecified atom stereocenters. The van der Waals surface area contributed by atoms with Gasteiger partial charge in [0, 0.05) is 59.9 Å². The number of nitrogens with one attached hydrogen (secondary N) is 1. The third-order valence-electron chi connectivity index (χ3n) is 5.42. The zero-order chi connectivity index (χ0) is 18.1. The van der Waals surface area contributed by atoms with Crippen molar-refractivity contribution in [3.8, 4) is 0 Å². The smallest absolute Gasteiger partial charge is 0.224 e. The van der Waals surface area contributed by atoms with Crippen LogP contribution in [0.25, 0.3) is 0 Å². The van der Waals surface area contributed by atoms with Gasteiger partial charge < -0.3 is 19.9 Å². The molecule has 26 heavy (non-hydrogen) atoms. The first-order valence-corrected chi connectivity index (χ1v) is 9.87. The molecule has 2 aliphatic heterocycles. The van der Waals surface area contributed by atoms with Gasteiger partial charge in [0.15, 0.2) is 5.96 Å². The first-order valence-electron chi connectivity index (χ1n) is 9.87. The zero-order valence-corrected chi connectivity index (χ0v) is 19.0. The second-order valence-corrected chi connectivity index (χ2v) is 7.58. The number of nitrogens with zero attached hydrogens (tertiary/aromatic N) is 3. The molecule has 6 nitrogen and oxygen atoms in total. The molecule has 0 spiro atoms. The second kappa shape index (κ2) is 12.8. The van der Waals surface area contributed by atoms with Crippen molar-refractivity contribution in [2.24, 2.45) is 16.8 Å². The molecule has 0 aromatic heterocycles. The monoisotopic (exact) mass is 480 g/mol. The third kappa shape index (κ3) is 7.98. The van der Waals surface area contributed by atoms with Crippen molar-refractivity contribution in [2.45, 2.75) is 45.4 Å². The molecule has 1 amide bonds. The predicted molar refractivity (Wildman–Crippen MR) is 117 cm³/mol. The lowest BCUT2D eigenvalue weighted by Crippen LogP contribution is -2.43. The van der Waals surface area contributed by atoms with Crippen LogP contribution < -0.4 is 5.32 Å². The number of likely N-dealkylation sites (tertiary alicyclic amines) is 1. The van der Waals surface area contributed by atoms with E-state index in [4.69, 9.17) is 4.74 Å². The molecule has 2 saturated heterocycles. The van der Waals surface area contributed by atoms with E-state index in [-0.39, 0.29) is 29.9 Å². The Hall–Kier alpha value is -0.570. The summed E-state index contributed by atoms with van der Waals surface area (Å²) in [6.07, 6.45) is 6.43. The predicted octanol–water partition coefficient (Wildman–Crippen LogP) is 2.58. The first-order chi connectivity index (χ1) is 12.1. The normalized spacial score (nSPS) is 21.9. The summed E-state index contributed by atoms with van der Waals surface area (Å²) in [6, 6.07) is 0. The molecule has 0 radical (unpaired) electrons. The van der Waals surface area contributed by atoms with Gasteiger partial charge in [0.05, 0.1) is 0 Å². The van der Waals surface area contributed by atoms with Gasteiger partial charge in [-0.05, 0) is 43.9 Å². The quantitative estimate of drug-likeness (QED) is 0.361. The van der Waals surface area contributed by atoms with Crippen molar-refractivity contribution in [2.75, 3.05) is 53.5 Å². The van der Waals surface area contributed by atoms with Crippen molar-refractivity contribution >= 4 is 35.8 Å². The maximum absolute atomic E-state index is 12.3. The number of rotatable bonds is 6. The summed E-state index contributed by atoms with van der Waals surface area (Å²) < 4.78 is 5.42. The number of ether oxygens (including phenoxy) is 1. The maximum atomic E-state index is 12.3. The lowest BCUT2D eigenvalue weighted by Gasteiger charge is -2.31. The van der Waals surface area contributed by atoms with E-state index < -0.39 is 0 Å². The fraction of sp³-hybridized carbons (Fsp3) is 0.895. The van der Waals surface area contributed by atoms with Gasteiger partial charge in [0.2, 0.25) is 5.91 Å².